The molecule has 4 nitrogen and oxygen atoms in total. The van der Waals surface area contributed by atoms with Gasteiger partial charge in [-0.2, -0.15) is 0 Å². The van der Waals surface area contributed by atoms with Crippen molar-refractivity contribution < 1.29 is 13.9 Å². The zero-order valence-electron chi connectivity index (χ0n) is 10.7. The molecule has 0 spiro atoms. The van der Waals surface area contributed by atoms with E-state index in [2.05, 4.69) is 4.90 Å². The number of carbonyl (C=O) groups is 1. The van der Waals surface area contributed by atoms with Gasteiger partial charge in [0, 0.05) is 6.54 Å². The Morgan fingerprint density at radius 3 is 3.17 bits per heavy atom. The summed E-state index contributed by atoms with van der Waals surface area (Å²) in [5, 5.41) is 0. The summed E-state index contributed by atoms with van der Waals surface area (Å²) in [4.78, 5) is 14.2. The topological polar surface area (TPSA) is 42.7 Å². The number of hydrogen-bond donors (Lipinski definition) is 0. The van der Waals surface area contributed by atoms with E-state index in [4.69, 9.17) is 9.15 Å². The highest BCUT2D eigenvalue weighted by atomic mass is 16.5. The Bertz CT molecular complexity index is 415. The molecule has 2 fully saturated rings. The van der Waals surface area contributed by atoms with Crippen molar-refractivity contribution >= 4 is 5.97 Å². The minimum Gasteiger partial charge on any atom is -0.468 e. The molecule has 18 heavy (non-hydrogen) atoms. The molecule has 0 radical (unpaired) electrons. The zero-order chi connectivity index (χ0) is 12.5. The van der Waals surface area contributed by atoms with E-state index in [1.165, 1.54) is 20.0 Å². The van der Waals surface area contributed by atoms with Gasteiger partial charge in [-0.05, 0) is 36.8 Å². The van der Waals surface area contributed by atoms with Crippen LogP contribution in [0.3, 0.4) is 0 Å². The number of likely N-dealkylation sites (tertiary alicyclic amines) is 1. The molecule has 98 valence electrons. The maximum absolute atomic E-state index is 12.0. The number of fused-ring (bicyclic) bond motifs is 1. The molecular formula is C14H19NO3. The lowest BCUT2D eigenvalue weighted by Crippen LogP contribution is -2.39. The summed E-state index contributed by atoms with van der Waals surface area (Å²) >= 11 is 0. The molecule has 4 heteroatoms. The smallest absolute Gasteiger partial charge is 0.323 e. The van der Waals surface area contributed by atoms with Gasteiger partial charge in [0.2, 0.25) is 0 Å². The number of ether oxygens (including phenoxy) is 1. The molecule has 0 aromatic carbocycles. The second-order valence-corrected chi connectivity index (χ2v) is 5.33. The number of nitrogens with zero attached hydrogens (tertiary/aromatic N) is 1. The standard InChI is InChI=1S/C14H19NO3/c1-17-14(16)13-12-6-2-4-10(12)8-15(13)9-11-5-3-7-18-11/h3,5,7,10,12-13H,2,4,6,8-9H2,1H3/t10-,12+,13+/m1/s1. The first kappa shape index (κ1) is 11.8. The van der Waals surface area contributed by atoms with Gasteiger partial charge in [-0.3, -0.25) is 9.69 Å². The third kappa shape index (κ3) is 1.94. The highest BCUT2D eigenvalue weighted by Crippen LogP contribution is 2.43. The SMILES string of the molecule is COC(=O)[C@@H]1[C@H]2CCC[C@@H]2CN1Cc1ccco1. The quantitative estimate of drug-likeness (QED) is 0.769. The molecule has 1 aromatic heterocycles. The van der Waals surface area contributed by atoms with Gasteiger partial charge in [0.1, 0.15) is 11.8 Å². The molecule has 2 heterocycles. The number of esters is 1. The minimum atomic E-state index is -0.0871. The first-order chi connectivity index (χ1) is 8.79. The van der Waals surface area contributed by atoms with E-state index in [0.29, 0.717) is 18.4 Å². The highest BCUT2D eigenvalue weighted by molar-refractivity contribution is 5.76. The number of furan rings is 1. The number of hydrogen-bond acceptors (Lipinski definition) is 4. The molecule has 1 saturated carbocycles. The van der Waals surface area contributed by atoms with Crippen molar-refractivity contribution in [1.82, 2.24) is 4.90 Å². The van der Waals surface area contributed by atoms with Crippen molar-refractivity contribution in [2.75, 3.05) is 13.7 Å². The van der Waals surface area contributed by atoms with Gasteiger partial charge in [0.15, 0.2) is 0 Å². The summed E-state index contributed by atoms with van der Waals surface area (Å²) in [7, 11) is 1.48. The Morgan fingerprint density at radius 1 is 1.56 bits per heavy atom. The molecule has 2 aliphatic rings. The summed E-state index contributed by atoms with van der Waals surface area (Å²) in [6, 6.07) is 3.77. The second kappa shape index (κ2) is 4.76. The van der Waals surface area contributed by atoms with Crippen LogP contribution in [0, 0.1) is 11.8 Å². The number of methoxy groups -OCH3 is 1. The van der Waals surface area contributed by atoms with E-state index in [-0.39, 0.29) is 12.0 Å². The normalized spacial score (nSPS) is 31.5. The van der Waals surface area contributed by atoms with Crippen LogP contribution in [0.25, 0.3) is 0 Å². The molecule has 0 amide bonds. The van der Waals surface area contributed by atoms with E-state index in [1.807, 2.05) is 12.1 Å². The Labute approximate surface area is 107 Å². The molecule has 1 saturated heterocycles. The molecule has 1 aliphatic heterocycles. The Morgan fingerprint density at radius 2 is 2.44 bits per heavy atom. The van der Waals surface area contributed by atoms with E-state index >= 15 is 0 Å². The van der Waals surface area contributed by atoms with Gasteiger partial charge in [0.05, 0.1) is 19.9 Å². The van der Waals surface area contributed by atoms with Crippen molar-refractivity contribution in [3.63, 3.8) is 0 Å². The van der Waals surface area contributed by atoms with Crippen LogP contribution in [0.15, 0.2) is 22.8 Å². The molecule has 0 N–H and O–H groups in total. The zero-order valence-corrected chi connectivity index (χ0v) is 10.7. The average Bonchev–Trinajstić information content (AvgIpc) is 3.04. The van der Waals surface area contributed by atoms with Crippen LogP contribution >= 0.6 is 0 Å². The monoisotopic (exact) mass is 249 g/mol. The van der Waals surface area contributed by atoms with E-state index < -0.39 is 0 Å². The molecule has 0 unspecified atom stereocenters. The lowest BCUT2D eigenvalue weighted by molar-refractivity contribution is -0.147. The fourth-order valence-electron chi connectivity index (χ4n) is 3.60. The fourth-order valence-corrected chi connectivity index (χ4v) is 3.60. The fraction of sp³-hybridized carbons (Fsp3) is 0.643. The first-order valence-electron chi connectivity index (χ1n) is 6.64. The summed E-state index contributed by atoms with van der Waals surface area (Å²) in [5.74, 6) is 1.97. The predicted molar refractivity (Wildman–Crippen MR) is 65.8 cm³/mol. The lowest BCUT2D eigenvalue weighted by Gasteiger charge is -2.24. The maximum atomic E-state index is 12.0. The van der Waals surface area contributed by atoms with Gasteiger partial charge in [-0.15, -0.1) is 0 Å². The first-order valence-corrected chi connectivity index (χ1v) is 6.64. The Hall–Kier alpha value is -1.29. The third-order valence-corrected chi connectivity index (χ3v) is 4.37. The summed E-state index contributed by atoms with van der Waals surface area (Å²) in [6.45, 7) is 1.70. The van der Waals surface area contributed by atoms with Gasteiger partial charge in [0.25, 0.3) is 0 Å². The van der Waals surface area contributed by atoms with E-state index in [0.717, 1.165) is 18.7 Å². The van der Waals surface area contributed by atoms with Gasteiger partial charge in [-0.25, -0.2) is 0 Å². The minimum absolute atomic E-state index is 0.0763. The second-order valence-electron chi connectivity index (χ2n) is 5.33. The molecule has 1 aromatic rings. The largest absolute Gasteiger partial charge is 0.468 e. The highest BCUT2D eigenvalue weighted by Gasteiger charge is 2.48. The number of rotatable bonds is 3. The maximum Gasteiger partial charge on any atom is 0.323 e. The van der Waals surface area contributed by atoms with Crippen molar-refractivity contribution in [3.05, 3.63) is 24.2 Å². The Balaban J connectivity index is 1.77. The predicted octanol–water partition coefficient (Wildman–Crippen LogP) is 2.05. The van der Waals surface area contributed by atoms with Crippen molar-refractivity contribution in [3.8, 4) is 0 Å². The van der Waals surface area contributed by atoms with Crippen molar-refractivity contribution in [2.45, 2.75) is 31.8 Å². The van der Waals surface area contributed by atoms with Crippen LogP contribution in [0.4, 0.5) is 0 Å². The Kier molecular flexibility index (Phi) is 3.12. The van der Waals surface area contributed by atoms with Crippen LogP contribution < -0.4 is 0 Å². The van der Waals surface area contributed by atoms with Crippen LogP contribution in [0.2, 0.25) is 0 Å². The van der Waals surface area contributed by atoms with Gasteiger partial charge >= 0.3 is 5.97 Å². The molecule has 1 aliphatic carbocycles. The summed E-state index contributed by atoms with van der Waals surface area (Å²) in [5.41, 5.74) is 0. The molecular weight excluding hydrogens is 230 g/mol. The van der Waals surface area contributed by atoms with Crippen LogP contribution in [-0.2, 0) is 16.1 Å². The van der Waals surface area contributed by atoms with Crippen LogP contribution in [0.1, 0.15) is 25.0 Å². The average molecular weight is 249 g/mol. The van der Waals surface area contributed by atoms with Crippen molar-refractivity contribution in [2.24, 2.45) is 11.8 Å². The van der Waals surface area contributed by atoms with Gasteiger partial charge < -0.3 is 9.15 Å². The van der Waals surface area contributed by atoms with Crippen LogP contribution in [0.5, 0.6) is 0 Å². The van der Waals surface area contributed by atoms with Crippen molar-refractivity contribution in [1.29, 1.82) is 0 Å². The third-order valence-electron chi connectivity index (χ3n) is 4.37. The molecule has 0 bridgehead atoms. The van der Waals surface area contributed by atoms with Gasteiger partial charge in [-0.1, -0.05) is 6.42 Å². The molecule has 3 atom stereocenters. The summed E-state index contributed by atoms with van der Waals surface area (Å²) in [6.07, 6.45) is 5.32. The van der Waals surface area contributed by atoms with E-state index in [1.54, 1.807) is 6.26 Å². The van der Waals surface area contributed by atoms with Crippen LogP contribution in [-0.4, -0.2) is 30.6 Å². The molecule has 3 rings (SSSR count). The summed E-state index contributed by atoms with van der Waals surface area (Å²) < 4.78 is 10.4. The van der Waals surface area contributed by atoms with E-state index in [9.17, 15) is 4.79 Å². The number of carbonyl (C=O) groups excluding carboxylic acids is 1. The lowest BCUT2D eigenvalue weighted by atomic mass is 9.94.